The summed E-state index contributed by atoms with van der Waals surface area (Å²) in [7, 11) is -4.07. The lowest BCUT2D eigenvalue weighted by atomic mass is 10.1. The van der Waals surface area contributed by atoms with Crippen LogP contribution >= 0.6 is 0 Å². The molecule has 0 bridgehead atoms. The summed E-state index contributed by atoms with van der Waals surface area (Å²) in [6, 6.07) is 6.80. The molecule has 3 aliphatic rings. The van der Waals surface area contributed by atoms with Gasteiger partial charge in [-0.2, -0.15) is 0 Å². The van der Waals surface area contributed by atoms with Gasteiger partial charge < -0.3 is 20.3 Å². The number of ether oxygens (including phenoxy) is 1. The van der Waals surface area contributed by atoms with E-state index in [1.54, 1.807) is 24.3 Å². The lowest BCUT2D eigenvalue weighted by molar-refractivity contribution is 0.0984. The van der Waals surface area contributed by atoms with Crippen LogP contribution in [-0.2, 0) is 25.3 Å². The topological polar surface area (TPSA) is 114 Å². The third-order valence-corrected chi connectivity index (χ3v) is 8.31. The number of sulfone groups is 1. The van der Waals surface area contributed by atoms with Crippen LogP contribution in [0, 0.1) is 0 Å². The van der Waals surface area contributed by atoms with E-state index >= 15 is 4.39 Å². The third kappa shape index (κ3) is 4.04. The minimum Gasteiger partial charge on any atom is -0.377 e. The summed E-state index contributed by atoms with van der Waals surface area (Å²) in [6.07, 6.45) is 1.99. The van der Waals surface area contributed by atoms with Crippen LogP contribution in [0.5, 0.6) is 0 Å². The molecule has 5 rings (SSSR count). The smallest absolute Gasteiger partial charge is 0.319 e. The van der Waals surface area contributed by atoms with Crippen molar-refractivity contribution in [3.05, 3.63) is 35.5 Å². The van der Waals surface area contributed by atoms with Gasteiger partial charge in [0.1, 0.15) is 11.5 Å². The van der Waals surface area contributed by atoms with E-state index in [9.17, 15) is 13.2 Å². The molecule has 0 spiro atoms. The first-order valence-corrected chi connectivity index (χ1v) is 12.7. The van der Waals surface area contributed by atoms with Gasteiger partial charge in [0.2, 0.25) is 5.00 Å². The lowest BCUT2D eigenvalue weighted by Crippen LogP contribution is -2.44. The number of carbonyl (C=O) groups excluding carboxylic acids is 1. The van der Waals surface area contributed by atoms with Crippen LogP contribution in [0.15, 0.2) is 24.3 Å². The molecule has 2 amide bonds. The SMILES string of the molecule is CC1COCCN1c1nc(-c2ccc(NC(=O)NC3CC3)cc2)nc2c1CS(=O)(=O)C2(C)F. The Labute approximate surface area is 191 Å². The first kappa shape index (κ1) is 22.0. The van der Waals surface area contributed by atoms with Crippen LogP contribution in [0.2, 0.25) is 0 Å². The zero-order valence-electron chi connectivity index (χ0n) is 18.5. The van der Waals surface area contributed by atoms with Gasteiger partial charge in [0, 0.05) is 29.4 Å². The Balaban J connectivity index is 1.51. The number of amides is 2. The normalized spacial score (nSPS) is 26.0. The minimum absolute atomic E-state index is 0.0451. The fraction of sp³-hybridized carbons (Fsp3) is 0.500. The zero-order valence-corrected chi connectivity index (χ0v) is 19.3. The second kappa shape index (κ2) is 7.91. The maximum atomic E-state index is 15.5. The van der Waals surface area contributed by atoms with Gasteiger partial charge in [-0.25, -0.2) is 27.6 Å². The van der Waals surface area contributed by atoms with Crippen molar-refractivity contribution < 1.29 is 22.3 Å². The maximum absolute atomic E-state index is 15.5. The molecule has 1 saturated heterocycles. The van der Waals surface area contributed by atoms with E-state index in [0.29, 0.717) is 42.4 Å². The van der Waals surface area contributed by atoms with Crippen molar-refractivity contribution in [3.8, 4) is 11.4 Å². The number of aromatic nitrogens is 2. The second-order valence-electron chi connectivity index (χ2n) is 8.94. The number of halogens is 1. The molecule has 9 nitrogen and oxygen atoms in total. The van der Waals surface area contributed by atoms with Crippen molar-refractivity contribution in [3.63, 3.8) is 0 Å². The number of benzene rings is 1. The van der Waals surface area contributed by atoms with Crippen LogP contribution in [0.3, 0.4) is 0 Å². The van der Waals surface area contributed by atoms with E-state index < -0.39 is 20.6 Å². The number of hydrogen-bond donors (Lipinski definition) is 2. The maximum Gasteiger partial charge on any atom is 0.319 e. The van der Waals surface area contributed by atoms with E-state index in [4.69, 9.17) is 4.74 Å². The molecular formula is C22H26FN5O4S. The first-order valence-electron chi connectivity index (χ1n) is 11.0. The predicted molar refractivity (Wildman–Crippen MR) is 121 cm³/mol. The quantitative estimate of drug-likeness (QED) is 0.699. The van der Waals surface area contributed by atoms with Crippen LogP contribution in [0.1, 0.15) is 37.9 Å². The molecule has 33 heavy (non-hydrogen) atoms. The lowest BCUT2D eigenvalue weighted by Gasteiger charge is -2.35. The molecule has 1 saturated carbocycles. The highest BCUT2D eigenvalue weighted by Gasteiger charge is 2.52. The van der Waals surface area contributed by atoms with Crippen LogP contribution < -0.4 is 15.5 Å². The number of urea groups is 1. The van der Waals surface area contributed by atoms with Gasteiger partial charge in [-0.1, -0.05) is 0 Å². The number of carbonyl (C=O) groups is 1. The highest BCUT2D eigenvalue weighted by molar-refractivity contribution is 7.91. The Kier molecular flexibility index (Phi) is 5.28. The van der Waals surface area contributed by atoms with Crippen molar-refractivity contribution in [1.29, 1.82) is 0 Å². The van der Waals surface area contributed by atoms with E-state index in [-0.39, 0.29) is 29.6 Å². The number of nitrogens with zero attached hydrogens (tertiary/aromatic N) is 3. The summed E-state index contributed by atoms with van der Waals surface area (Å²) < 4.78 is 46.2. The predicted octanol–water partition coefficient (Wildman–Crippen LogP) is 2.72. The second-order valence-corrected chi connectivity index (χ2v) is 11.2. The molecule has 1 aromatic heterocycles. The molecule has 2 aromatic rings. The molecule has 2 N–H and O–H groups in total. The van der Waals surface area contributed by atoms with Crippen LogP contribution in [0.4, 0.5) is 20.7 Å². The third-order valence-electron chi connectivity index (χ3n) is 6.28. The molecular weight excluding hydrogens is 449 g/mol. The summed E-state index contributed by atoms with van der Waals surface area (Å²) in [6.45, 7) is 4.46. The molecule has 11 heteroatoms. The molecule has 2 unspecified atom stereocenters. The zero-order chi connectivity index (χ0) is 23.4. The highest BCUT2D eigenvalue weighted by atomic mass is 32.2. The number of rotatable bonds is 4. The standard InChI is InChI=1S/C22H26FN5O4S/c1-13-11-32-10-9-28(13)20-17-12-33(30,31)22(2,23)18(17)26-19(27-20)14-3-5-15(6-4-14)24-21(29)25-16-7-8-16/h3-6,13,16H,7-12H2,1-2H3,(H2,24,25,29). The summed E-state index contributed by atoms with van der Waals surface area (Å²) in [5.74, 6) is 0.229. The Hall–Kier alpha value is -2.79. The van der Waals surface area contributed by atoms with Gasteiger partial charge in [-0.3, -0.25) is 0 Å². The first-order chi connectivity index (χ1) is 15.7. The number of hydrogen-bond acceptors (Lipinski definition) is 7. The average molecular weight is 476 g/mol. The fourth-order valence-corrected chi connectivity index (χ4v) is 5.52. The highest BCUT2D eigenvalue weighted by Crippen LogP contribution is 2.46. The van der Waals surface area contributed by atoms with Crippen molar-refractivity contribution in [2.45, 2.75) is 49.5 Å². The molecule has 1 aliphatic carbocycles. The monoisotopic (exact) mass is 475 g/mol. The largest absolute Gasteiger partial charge is 0.377 e. The Morgan fingerprint density at radius 2 is 1.97 bits per heavy atom. The number of anilines is 2. The summed E-state index contributed by atoms with van der Waals surface area (Å²) >= 11 is 0. The van der Waals surface area contributed by atoms with Crippen molar-refractivity contribution >= 4 is 27.4 Å². The van der Waals surface area contributed by atoms with Gasteiger partial charge in [0.25, 0.3) is 0 Å². The molecule has 3 heterocycles. The Morgan fingerprint density at radius 1 is 1.24 bits per heavy atom. The van der Waals surface area contributed by atoms with Crippen LogP contribution in [0.25, 0.3) is 11.4 Å². The van der Waals surface area contributed by atoms with Crippen molar-refractivity contribution in [1.82, 2.24) is 15.3 Å². The number of nitrogens with one attached hydrogen (secondary N) is 2. The summed E-state index contributed by atoms with van der Waals surface area (Å²) in [5, 5.41) is 3.04. The van der Waals surface area contributed by atoms with E-state index in [0.717, 1.165) is 19.8 Å². The van der Waals surface area contributed by atoms with Crippen LogP contribution in [-0.4, -0.2) is 56.3 Å². The molecule has 2 atom stereocenters. The van der Waals surface area contributed by atoms with E-state index in [2.05, 4.69) is 20.6 Å². The summed E-state index contributed by atoms with van der Waals surface area (Å²) in [5.41, 5.74) is 1.39. The van der Waals surface area contributed by atoms with E-state index in [1.807, 2.05) is 11.8 Å². The summed E-state index contributed by atoms with van der Waals surface area (Å²) in [4.78, 5) is 23.0. The van der Waals surface area contributed by atoms with Gasteiger partial charge in [0.15, 0.2) is 15.7 Å². The fourth-order valence-electron chi connectivity index (χ4n) is 4.14. The molecule has 0 radical (unpaired) electrons. The number of fused-ring (bicyclic) bond motifs is 1. The van der Waals surface area contributed by atoms with Gasteiger partial charge >= 0.3 is 6.03 Å². The van der Waals surface area contributed by atoms with Gasteiger partial charge in [-0.15, -0.1) is 0 Å². The Bertz CT molecular complexity index is 1200. The van der Waals surface area contributed by atoms with Gasteiger partial charge in [-0.05, 0) is 51.0 Å². The number of morpholine rings is 1. The minimum atomic E-state index is -4.07. The molecule has 176 valence electrons. The Morgan fingerprint density at radius 3 is 2.64 bits per heavy atom. The van der Waals surface area contributed by atoms with Crippen molar-refractivity contribution in [2.75, 3.05) is 30.0 Å². The average Bonchev–Trinajstić information content (AvgIpc) is 3.55. The molecule has 2 fully saturated rings. The number of alkyl halides is 1. The molecule has 1 aromatic carbocycles. The van der Waals surface area contributed by atoms with Crippen molar-refractivity contribution in [2.24, 2.45) is 0 Å². The van der Waals surface area contributed by atoms with Gasteiger partial charge in [0.05, 0.1) is 25.0 Å². The molecule has 2 aliphatic heterocycles. The van der Waals surface area contributed by atoms with E-state index in [1.165, 1.54) is 0 Å².